The number of hydrogen-bond acceptors (Lipinski definition) is 3. The van der Waals surface area contributed by atoms with Crippen molar-refractivity contribution in [3.05, 3.63) is 53.6 Å². The molecule has 136 valence electrons. The quantitative estimate of drug-likeness (QED) is 0.908. The zero-order chi connectivity index (χ0) is 18.8. The Kier molecular flexibility index (Phi) is 4.98. The number of fused-ring (bicyclic) bond motifs is 1. The zero-order valence-electron chi connectivity index (χ0n) is 15.6. The molecule has 1 heterocycles. The van der Waals surface area contributed by atoms with Gasteiger partial charge in [-0.05, 0) is 43.2 Å². The van der Waals surface area contributed by atoms with Gasteiger partial charge in [-0.3, -0.25) is 9.59 Å². The summed E-state index contributed by atoms with van der Waals surface area (Å²) in [5.41, 5.74) is 3.55. The van der Waals surface area contributed by atoms with Gasteiger partial charge in [-0.15, -0.1) is 0 Å². The molecule has 26 heavy (non-hydrogen) atoms. The van der Waals surface area contributed by atoms with Crippen molar-refractivity contribution in [3.63, 3.8) is 0 Å². The van der Waals surface area contributed by atoms with Crippen LogP contribution in [0.5, 0.6) is 5.75 Å². The maximum Gasteiger partial charge on any atom is 0.268 e. The van der Waals surface area contributed by atoms with E-state index in [2.05, 4.69) is 5.32 Å². The summed E-state index contributed by atoms with van der Waals surface area (Å²) in [4.78, 5) is 26.5. The largest absolute Gasteiger partial charge is 0.479 e. The number of anilines is 2. The van der Waals surface area contributed by atoms with Crippen molar-refractivity contribution >= 4 is 23.2 Å². The number of rotatable bonds is 4. The Labute approximate surface area is 154 Å². The first-order chi connectivity index (χ1) is 12.4. The molecule has 2 aromatic rings. The van der Waals surface area contributed by atoms with Gasteiger partial charge in [0, 0.05) is 11.6 Å². The summed E-state index contributed by atoms with van der Waals surface area (Å²) < 4.78 is 5.75. The van der Waals surface area contributed by atoms with Crippen molar-refractivity contribution in [1.82, 2.24) is 0 Å². The van der Waals surface area contributed by atoms with Crippen molar-refractivity contribution in [2.75, 3.05) is 10.2 Å². The van der Waals surface area contributed by atoms with Crippen LogP contribution in [0.2, 0.25) is 0 Å². The third-order valence-corrected chi connectivity index (χ3v) is 4.55. The predicted molar refractivity (Wildman–Crippen MR) is 102 cm³/mol. The van der Waals surface area contributed by atoms with Gasteiger partial charge < -0.3 is 15.0 Å². The lowest BCUT2D eigenvalue weighted by molar-refractivity contribution is -0.125. The molecule has 0 bridgehead atoms. The topological polar surface area (TPSA) is 58.6 Å². The summed E-state index contributed by atoms with van der Waals surface area (Å²) >= 11 is 0. The lowest BCUT2D eigenvalue weighted by Gasteiger charge is -2.33. The van der Waals surface area contributed by atoms with Gasteiger partial charge in [0.2, 0.25) is 5.91 Å². The second-order valence-electron chi connectivity index (χ2n) is 6.94. The predicted octanol–water partition coefficient (Wildman–Crippen LogP) is 3.90. The first-order valence-corrected chi connectivity index (χ1v) is 8.84. The molecule has 2 aromatic carbocycles. The van der Waals surface area contributed by atoms with Crippen LogP contribution in [0, 0.1) is 12.8 Å². The van der Waals surface area contributed by atoms with E-state index in [1.807, 2.05) is 45.0 Å². The van der Waals surface area contributed by atoms with Crippen LogP contribution in [-0.2, 0) is 16.1 Å². The molecule has 0 spiro atoms. The number of carbonyl (C=O) groups is 2. The third-order valence-electron chi connectivity index (χ3n) is 4.55. The van der Waals surface area contributed by atoms with Crippen molar-refractivity contribution in [1.29, 1.82) is 0 Å². The molecule has 1 aliphatic heterocycles. The van der Waals surface area contributed by atoms with E-state index in [-0.39, 0.29) is 17.7 Å². The van der Waals surface area contributed by atoms with Gasteiger partial charge in [0.15, 0.2) is 6.10 Å². The van der Waals surface area contributed by atoms with Crippen molar-refractivity contribution in [2.24, 2.45) is 5.92 Å². The highest BCUT2D eigenvalue weighted by atomic mass is 16.5. The standard InChI is InChI=1S/C21H24N2O3/c1-13(2)20(24)22-17-9-10-19-18(11-17)23(21(25)15(4)26-19)12-16-8-6-5-7-14(16)3/h5-11,13,15H,12H2,1-4H3,(H,22,24). The number of benzene rings is 2. The number of hydrogen-bond donors (Lipinski definition) is 1. The Bertz CT molecular complexity index is 845. The maximum absolute atomic E-state index is 12.8. The number of nitrogens with zero attached hydrogens (tertiary/aromatic N) is 1. The molecule has 2 amide bonds. The molecule has 1 N–H and O–H groups in total. The molecule has 3 rings (SSSR count). The summed E-state index contributed by atoms with van der Waals surface area (Å²) in [5, 5.41) is 2.88. The molecule has 0 aromatic heterocycles. The third kappa shape index (κ3) is 3.57. The molecule has 1 unspecified atom stereocenters. The molecule has 0 saturated carbocycles. The highest BCUT2D eigenvalue weighted by Crippen LogP contribution is 2.37. The molecule has 1 aliphatic rings. The summed E-state index contributed by atoms with van der Waals surface area (Å²) in [6.45, 7) is 7.93. The van der Waals surface area contributed by atoms with Gasteiger partial charge >= 0.3 is 0 Å². The number of amides is 2. The first-order valence-electron chi connectivity index (χ1n) is 8.84. The fraction of sp³-hybridized carbons (Fsp3) is 0.333. The molecule has 5 nitrogen and oxygen atoms in total. The average molecular weight is 352 g/mol. The van der Waals surface area contributed by atoms with Crippen LogP contribution < -0.4 is 15.0 Å². The average Bonchev–Trinajstić information content (AvgIpc) is 2.61. The van der Waals surface area contributed by atoms with Crippen LogP contribution in [0.3, 0.4) is 0 Å². The first kappa shape index (κ1) is 18.0. The van der Waals surface area contributed by atoms with Crippen molar-refractivity contribution in [2.45, 2.75) is 40.3 Å². The van der Waals surface area contributed by atoms with E-state index in [4.69, 9.17) is 4.74 Å². The Morgan fingerprint density at radius 3 is 2.65 bits per heavy atom. The number of ether oxygens (including phenoxy) is 1. The molecule has 0 radical (unpaired) electrons. The number of nitrogens with one attached hydrogen (secondary N) is 1. The van der Waals surface area contributed by atoms with E-state index < -0.39 is 6.10 Å². The molecular weight excluding hydrogens is 328 g/mol. The lowest BCUT2D eigenvalue weighted by atomic mass is 10.1. The Hall–Kier alpha value is -2.82. The van der Waals surface area contributed by atoms with Gasteiger partial charge in [-0.2, -0.15) is 0 Å². The van der Waals surface area contributed by atoms with E-state index >= 15 is 0 Å². The minimum absolute atomic E-state index is 0.0631. The van der Waals surface area contributed by atoms with E-state index in [9.17, 15) is 9.59 Å². The van der Waals surface area contributed by atoms with E-state index in [1.165, 1.54) is 0 Å². The summed E-state index contributed by atoms with van der Waals surface area (Å²) in [6, 6.07) is 13.4. The summed E-state index contributed by atoms with van der Waals surface area (Å²) in [6.07, 6.45) is -0.539. The summed E-state index contributed by atoms with van der Waals surface area (Å²) in [5.74, 6) is 0.375. The van der Waals surface area contributed by atoms with E-state index in [0.29, 0.717) is 23.7 Å². The second kappa shape index (κ2) is 7.20. The van der Waals surface area contributed by atoms with E-state index in [1.54, 1.807) is 30.0 Å². The van der Waals surface area contributed by atoms with Gasteiger partial charge in [0.05, 0.1) is 12.2 Å². The normalized spacial score (nSPS) is 16.3. The van der Waals surface area contributed by atoms with Crippen molar-refractivity contribution in [3.8, 4) is 5.75 Å². The Morgan fingerprint density at radius 1 is 1.23 bits per heavy atom. The van der Waals surface area contributed by atoms with Gasteiger partial charge in [0.25, 0.3) is 5.91 Å². The molecule has 1 atom stereocenters. The fourth-order valence-corrected chi connectivity index (χ4v) is 2.89. The number of aryl methyl sites for hydroxylation is 1. The summed E-state index contributed by atoms with van der Waals surface area (Å²) in [7, 11) is 0. The van der Waals surface area contributed by atoms with Crippen LogP contribution in [0.1, 0.15) is 31.9 Å². The highest BCUT2D eigenvalue weighted by molar-refractivity contribution is 6.01. The molecular formula is C21H24N2O3. The van der Waals surface area contributed by atoms with Crippen LogP contribution in [0.25, 0.3) is 0 Å². The smallest absolute Gasteiger partial charge is 0.268 e. The number of carbonyl (C=O) groups excluding carboxylic acids is 2. The van der Waals surface area contributed by atoms with Crippen molar-refractivity contribution < 1.29 is 14.3 Å². The molecule has 5 heteroatoms. The van der Waals surface area contributed by atoms with Gasteiger partial charge in [0.1, 0.15) is 5.75 Å². The molecule has 0 fully saturated rings. The minimum Gasteiger partial charge on any atom is -0.479 e. The second-order valence-corrected chi connectivity index (χ2v) is 6.94. The van der Waals surface area contributed by atoms with Crippen LogP contribution in [-0.4, -0.2) is 17.9 Å². The lowest BCUT2D eigenvalue weighted by Crippen LogP contribution is -2.44. The SMILES string of the molecule is Cc1ccccc1CN1C(=O)C(C)Oc2ccc(NC(=O)C(C)C)cc21. The van der Waals surface area contributed by atoms with Crippen LogP contribution in [0.4, 0.5) is 11.4 Å². The molecule has 0 saturated heterocycles. The van der Waals surface area contributed by atoms with Crippen LogP contribution in [0.15, 0.2) is 42.5 Å². The minimum atomic E-state index is -0.539. The fourth-order valence-electron chi connectivity index (χ4n) is 2.89. The highest BCUT2D eigenvalue weighted by Gasteiger charge is 2.32. The zero-order valence-corrected chi connectivity index (χ0v) is 15.6. The maximum atomic E-state index is 12.8. The monoisotopic (exact) mass is 352 g/mol. The van der Waals surface area contributed by atoms with Crippen LogP contribution >= 0.6 is 0 Å². The molecule has 0 aliphatic carbocycles. The van der Waals surface area contributed by atoms with Gasteiger partial charge in [-0.25, -0.2) is 0 Å². The Morgan fingerprint density at radius 2 is 1.96 bits per heavy atom. The van der Waals surface area contributed by atoms with Gasteiger partial charge in [-0.1, -0.05) is 38.1 Å². The van der Waals surface area contributed by atoms with E-state index in [0.717, 1.165) is 11.1 Å². The Balaban J connectivity index is 1.96.